The second-order valence-corrected chi connectivity index (χ2v) is 2.95. The van der Waals surface area contributed by atoms with E-state index >= 15 is 0 Å². The zero-order valence-electron chi connectivity index (χ0n) is 7.13. The zero-order valence-corrected chi connectivity index (χ0v) is 7.13. The third kappa shape index (κ3) is 1.27. The van der Waals surface area contributed by atoms with Crippen molar-refractivity contribution in [2.75, 3.05) is 0 Å². The van der Waals surface area contributed by atoms with Gasteiger partial charge < -0.3 is 0 Å². The van der Waals surface area contributed by atoms with Gasteiger partial charge in [-0.15, -0.1) is 0 Å². The molecule has 0 N–H and O–H groups in total. The molecule has 2 rings (SSSR count). The first kappa shape index (κ1) is 8.81. The topological polar surface area (TPSA) is 17.1 Å². The summed E-state index contributed by atoms with van der Waals surface area (Å²) in [5.74, 6) is -1.21. The van der Waals surface area contributed by atoms with Gasteiger partial charge in [0.1, 0.15) is 17.9 Å². The first-order valence-electron chi connectivity index (χ1n) is 4.05. The van der Waals surface area contributed by atoms with Crippen LogP contribution in [-0.4, -0.2) is 6.29 Å². The van der Waals surface area contributed by atoms with Gasteiger partial charge in [-0.25, -0.2) is 8.78 Å². The summed E-state index contributed by atoms with van der Waals surface area (Å²) in [5, 5.41) is 0. The Bertz CT molecular complexity index is 429. The van der Waals surface area contributed by atoms with E-state index in [-0.39, 0.29) is 11.1 Å². The van der Waals surface area contributed by atoms with Crippen molar-refractivity contribution in [1.29, 1.82) is 0 Å². The third-order valence-electron chi connectivity index (χ3n) is 2.08. The molecule has 0 aromatic carbocycles. The van der Waals surface area contributed by atoms with Crippen LogP contribution in [-0.2, 0) is 0 Å². The molecule has 14 heavy (non-hydrogen) atoms. The molecular weight excluding hydrogens is 186 g/mol. The number of carbonyl (C=O) groups is 1. The van der Waals surface area contributed by atoms with E-state index < -0.39 is 11.6 Å². The van der Waals surface area contributed by atoms with Crippen LogP contribution in [0.3, 0.4) is 0 Å². The summed E-state index contributed by atoms with van der Waals surface area (Å²) < 4.78 is 26.2. The molecule has 0 atom stereocenters. The SMILES string of the molecule is O=Cc1ccc2c(F)cc(F)c-2cc1. The molecule has 1 nitrogen and oxygen atoms in total. The van der Waals surface area contributed by atoms with Gasteiger partial charge in [0.15, 0.2) is 0 Å². The molecule has 0 bridgehead atoms. The average Bonchev–Trinajstić information content (AvgIpc) is 2.40. The second-order valence-electron chi connectivity index (χ2n) is 2.95. The summed E-state index contributed by atoms with van der Waals surface area (Å²) in [6.07, 6.45) is 0.634. The number of aldehydes is 1. The van der Waals surface area contributed by atoms with E-state index in [4.69, 9.17) is 0 Å². The lowest BCUT2D eigenvalue weighted by molar-refractivity contribution is 0.112. The van der Waals surface area contributed by atoms with Crippen LogP contribution in [0.15, 0.2) is 30.3 Å². The van der Waals surface area contributed by atoms with Crippen molar-refractivity contribution in [2.24, 2.45) is 0 Å². The van der Waals surface area contributed by atoms with Crippen molar-refractivity contribution >= 4 is 6.29 Å². The Balaban J connectivity index is 2.74. The Morgan fingerprint density at radius 3 is 1.86 bits per heavy atom. The molecule has 0 aliphatic heterocycles. The number of halogens is 2. The van der Waals surface area contributed by atoms with E-state index in [2.05, 4.69) is 0 Å². The van der Waals surface area contributed by atoms with Gasteiger partial charge in [-0.05, 0) is 0 Å². The minimum absolute atomic E-state index is 0.190. The van der Waals surface area contributed by atoms with Crippen LogP contribution in [0.2, 0.25) is 0 Å². The highest BCUT2D eigenvalue weighted by Crippen LogP contribution is 2.29. The number of hydrogen-bond acceptors (Lipinski definition) is 1. The summed E-state index contributed by atoms with van der Waals surface area (Å²) in [7, 11) is 0. The van der Waals surface area contributed by atoms with E-state index in [1.807, 2.05) is 0 Å². The van der Waals surface area contributed by atoms with Crippen molar-refractivity contribution < 1.29 is 13.6 Å². The van der Waals surface area contributed by atoms with Gasteiger partial charge in [0.25, 0.3) is 0 Å². The van der Waals surface area contributed by atoms with Gasteiger partial charge in [-0.3, -0.25) is 4.79 Å². The van der Waals surface area contributed by atoms with Gasteiger partial charge in [-0.2, -0.15) is 0 Å². The minimum atomic E-state index is -0.606. The smallest absolute Gasteiger partial charge is 0.150 e. The molecule has 0 saturated heterocycles. The van der Waals surface area contributed by atoms with E-state index in [1.54, 1.807) is 0 Å². The van der Waals surface area contributed by atoms with E-state index in [1.165, 1.54) is 24.3 Å². The highest BCUT2D eigenvalue weighted by molar-refractivity contribution is 5.77. The van der Waals surface area contributed by atoms with Crippen LogP contribution in [0, 0.1) is 11.6 Å². The molecule has 0 fully saturated rings. The van der Waals surface area contributed by atoms with Crippen LogP contribution in [0.1, 0.15) is 10.4 Å². The predicted molar refractivity (Wildman–Crippen MR) is 48.4 cm³/mol. The number of hydrogen-bond donors (Lipinski definition) is 0. The predicted octanol–water partition coefficient (Wildman–Crippen LogP) is 2.88. The number of carbonyl (C=O) groups excluding carboxylic acids is 1. The summed E-state index contributed by atoms with van der Waals surface area (Å²) in [6.45, 7) is 0. The molecule has 70 valence electrons. The second kappa shape index (κ2) is 3.18. The molecule has 3 heteroatoms. The molecule has 0 unspecified atom stereocenters. The maximum absolute atomic E-state index is 13.1. The molecular formula is C11H6F2O. The molecule has 0 heterocycles. The van der Waals surface area contributed by atoms with Crippen molar-refractivity contribution in [3.63, 3.8) is 0 Å². The molecule has 0 spiro atoms. The van der Waals surface area contributed by atoms with Crippen LogP contribution in [0.4, 0.5) is 8.78 Å². The molecule has 2 aliphatic carbocycles. The Morgan fingerprint density at radius 1 is 0.929 bits per heavy atom. The van der Waals surface area contributed by atoms with Gasteiger partial charge >= 0.3 is 0 Å². The molecule has 0 aromatic heterocycles. The summed E-state index contributed by atoms with van der Waals surface area (Å²) in [5.41, 5.74) is 0.770. The van der Waals surface area contributed by atoms with Crippen LogP contribution in [0.25, 0.3) is 11.1 Å². The lowest BCUT2D eigenvalue weighted by atomic mass is 10.2. The van der Waals surface area contributed by atoms with Crippen molar-refractivity contribution in [1.82, 2.24) is 0 Å². The monoisotopic (exact) mass is 192 g/mol. The van der Waals surface area contributed by atoms with Crippen LogP contribution >= 0.6 is 0 Å². The fourth-order valence-electron chi connectivity index (χ4n) is 1.36. The van der Waals surface area contributed by atoms with Crippen LogP contribution < -0.4 is 0 Å². The highest BCUT2D eigenvalue weighted by Gasteiger charge is 2.14. The Labute approximate surface area is 79.3 Å². The molecule has 0 amide bonds. The third-order valence-corrected chi connectivity index (χ3v) is 2.08. The maximum atomic E-state index is 13.1. The Hall–Kier alpha value is -1.77. The van der Waals surface area contributed by atoms with E-state index in [0.29, 0.717) is 11.8 Å². The molecule has 0 aromatic rings. The number of rotatable bonds is 1. The lowest BCUT2D eigenvalue weighted by Crippen LogP contribution is -1.71. The highest BCUT2D eigenvalue weighted by atomic mass is 19.1. The van der Waals surface area contributed by atoms with Gasteiger partial charge in [0, 0.05) is 22.8 Å². The fraction of sp³-hybridized carbons (Fsp3) is 0. The van der Waals surface area contributed by atoms with Gasteiger partial charge in [0.05, 0.1) is 0 Å². The van der Waals surface area contributed by atoms with Crippen LogP contribution in [0.5, 0.6) is 0 Å². The zero-order chi connectivity index (χ0) is 10.1. The molecule has 0 radical (unpaired) electrons. The first-order valence-corrected chi connectivity index (χ1v) is 4.05. The molecule has 0 saturated carbocycles. The standard InChI is InChI=1S/C11H6F2O/c12-10-5-11(13)9-4-2-7(6-14)1-3-8(9)10/h1-6H. The number of fused-ring (bicyclic) bond motifs is 1. The van der Waals surface area contributed by atoms with E-state index in [9.17, 15) is 13.6 Å². The first-order chi connectivity index (χ1) is 6.72. The average molecular weight is 192 g/mol. The Kier molecular flexibility index (Phi) is 2.00. The van der Waals surface area contributed by atoms with Gasteiger partial charge in [-0.1, -0.05) is 24.3 Å². The summed E-state index contributed by atoms with van der Waals surface area (Å²) in [4.78, 5) is 10.4. The maximum Gasteiger partial charge on any atom is 0.150 e. The normalized spacial score (nSPS) is 10.4. The van der Waals surface area contributed by atoms with E-state index in [0.717, 1.165) is 6.07 Å². The van der Waals surface area contributed by atoms with Crippen molar-refractivity contribution in [3.05, 3.63) is 47.5 Å². The van der Waals surface area contributed by atoms with Gasteiger partial charge in [0.2, 0.25) is 0 Å². The van der Waals surface area contributed by atoms with Crippen molar-refractivity contribution in [2.45, 2.75) is 0 Å². The summed E-state index contributed by atoms with van der Waals surface area (Å²) in [6, 6.07) is 6.55. The fourth-order valence-corrected chi connectivity index (χ4v) is 1.36. The lowest BCUT2D eigenvalue weighted by Gasteiger charge is -1.89. The summed E-state index contributed by atoms with van der Waals surface area (Å²) >= 11 is 0. The Morgan fingerprint density at radius 2 is 1.43 bits per heavy atom. The quantitative estimate of drug-likeness (QED) is 0.635. The van der Waals surface area contributed by atoms with Crippen molar-refractivity contribution in [3.8, 4) is 11.1 Å². The largest absolute Gasteiger partial charge is 0.298 e. The minimum Gasteiger partial charge on any atom is -0.298 e. The molecule has 2 aliphatic rings.